The summed E-state index contributed by atoms with van der Waals surface area (Å²) in [4.78, 5) is 13.4. The molecule has 1 atom stereocenters. The molecular weight excluding hydrogens is 462 g/mol. The fraction of sp³-hybridized carbons (Fsp3) is 0.630. The van der Waals surface area contributed by atoms with Crippen molar-refractivity contribution in [2.24, 2.45) is 5.92 Å². The molecule has 2 saturated heterocycles. The van der Waals surface area contributed by atoms with Gasteiger partial charge in [0, 0.05) is 31.7 Å². The first kappa shape index (κ1) is 26.1. The normalized spacial score (nSPS) is 18.2. The Morgan fingerprint density at radius 1 is 1.09 bits per heavy atom. The van der Waals surface area contributed by atoms with E-state index in [9.17, 15) is 5.11 Å². The number of aromatic nitrogens is 2. The average molecular weight is 502 g/mol. The van der Waals surface area contributed by atoms with Crippen LogP contribution in [0.15, 0.2) is 24.5 Å². The summed E-state index contributed by atoms with van der Waals surface area (Å²) < 4.78 is 6.09. The molecular formula is C27H40ClN5O2. The molecule has 0 amide bonds. The van der Waals surface area contributed by atoms with Crippen molar-refractivity contribution in [1.82, 2.24) is 20.2 Å². The van der Waals surface area contributed by atoms with Crippen LogP contribution in [0, 0.1) is 19.8 Å². The fourth-order valence-electron chi connectivity index (χ4n) is 5.37. The van der Waals surface area contributed by atoms with E-state index >= 15 is 0 Å². The number of hydrogen-bond donors (Lipinski definition) is 2. The first-order chi connectivity index (χ1) is 17.0. The number of halogens is 1. The summed E-state index contributed by atoms with van der Waals surface area (Å²) in [5.41, 5.74) is 3.10. The quantitative estimate of drug-likeness (QED) is 0.347. The zero-order chi connectivity index (χ0) is 24.6. The smallest absolute Gasteiger partial charge is 0.225 e. The van der Waals surface area contributed by atoms with Crippen LogP contribution in [0.5, 0.6) is 5.75 Å². The van der Waals surface area contributed by atoms with E-state index < -0.39 is 6.23 Å². The monoisotopic (exact) mass is 501 g/mol. The third-order valence-corrected chi connectivity index (χ3v) is 7.53. The van der Waals surface area contributed by atoms with Crippen LogP contribution in [-0.4, -0.2) is 65.8 Å². The number of anilines is 1. The van der Waals surface area contributed by atoms with Gasteiger partial charge in [-0.15, -0.1) is 0 Å². The van der Waals surface area contributed by atoms with Gasteiger partial charge < -0.3 is 19.6 Å². The van der Waals surface area contributed by atoms with Crippen LogP contribution in [0.4, 0.5) is 5.95 Å². The molecule has 1 aromatic carbocycles. The maximum absolute atomic E-state index is 10.7. The number of aryl methyl sites for hydroxylation is 2. The van der Waals surface area contributed by atoms with Crippen LogP contribution in [0.25, 0.3) is 0 Å². The topological polar surface area (TPSA) is 73.8 Å². The largest absolute Gasteiger partial charge is 0.494 e. The zero-order valence-corrected chi connectivity index (χ0v) is 21.9. The first-order valence-corrected chi connectivity index (χ1v) is 13.5. The summed E-state index contributed by atoms with van der Waals surface area (Å²) in [6.45, 7) is 10.9. The molecule has 2 aliphatic rings. The number of ether oxygens (including phenoxy) is 1. The molecule has 1 aromatic heterocycles. The molecule has 2 N–H and O–H groups in total. The van der Waals surface area contributed by atoms with Crippen LogP contribution in [-0.2, 0) is 0 Å². The average Bonchev–Trinajstić information content (AvgIpc) is 3.36. The van der Waals surface area contributed by atoms with Crippen molar-refractivity contribution < 1.29 is 9.84 Å². The molecule has 2 aliphatic heterocycles. The van der Waals surface area contributed by atoms with Crippen LogP contribution in [0.1, 0.15) is 61.4 Å². The maximum atomic E-state index is 10.7. The van der Waals surface area contributed by atoms with Crippen LogP contribution in [0.2, 0.25) is 5.02 Å². The molecule has 0 bridgehead atoms. The molecule has 35 heavy (non-hydrogen) atoms. The van der Waals surface area contributed by atoms with Gasteiger partial charge in [-0.25, -0.2) is 9.97 Å². The molecule has 192 valence electrons. The number of rotatable bonds is 11. The van der Waals surface area contributed by atoms with Gasteiger partial charge in [0.05, 0.1) is 24.0 Å². The van der Waals surface area contributed by atoms with Gasteiger partial charge in [-0.05, 0) is 94.6 Å². The van der Waals surface area contributed by atoms with Gasteiger partial charge in [-0.3, -0.25) is 5.32 Å². The van der Waals surface area contributed by atoms with Gasteiger partial charge in [-0.2, -0.15) is 0 Å². The minimum absolute atomic E-state index is 0.574. The van der Waals surface area contributed by atoms with E-state index in [4.69, 9.17) is 16.3 Å². The number of nitrogens with one attached hydrogen (secondary N) is 1. The Labute approximate surface area is 214 Å². The summed E-state index contributed by atoms with van der Waals surface area (Å²) in [7, 11) is 0. The lowest BCUT2D eigenvalue weighted by Gasteiger charge is -2.32. The first-order valence-electron chi connectivity index (χ1n) is 13.1. The lowest BCUT2D eigenvalue weighted by atomic mass is 9.92. The molecule has 0 aliphatic carbocycles. The SMILES string of the molecule is Cc1cc(OCCCC2CCN(c3ncc(Cl)cn3)CC2)cc(C)c1C(O)NCCN1CCCC1. The molecule has 7 nitrogen and oxygen atoms in total. The number of aliphatic hydroxyl groups excluding tert-OH is 1. The van der Waals surface area contributed by atoms with Crippen molar-refractivity contribution in [3.8, 4) is 5.75 Å². The molecule has 2 aromatic rings. The number of likely N-dealkylation sites (tertiary alicyclic amines) is 1. The predicted molar refractivity (Wildman–Crippen MR) is 141 cm³/mol. The van der Waals surface area contributed by atoms with E-state index in [1.54, 1.807) is 12.4 Å². The molecule has 0 saturated carbocycles. The van der Waals surface area contributed by atoms with Crippen molar-refractivity contribution >= 4 is 17.5 Å². The Kier molecular flexibility index (Phi) is 9.60. The van der Waals surface area contributed by atoms with Gasteiger partial charge in [-0.1, -0.05) is 11.6 Å². The minimum Gasteiger partial charge on any atom is -0.494 e. The molecule has 0 spiro atoms. The van der Waals surface area contributed by atoms with Crippen LogP contribution in [0.3, 0.4) is 0 Å². The Bertz CT molecular complexity index is 905. The van der Waals surface area contributed by atoms with E-state index in [-0.39, 0.29) is 0 Å². The van der Waals surface area contributed by atoms with Crippen molar-refractivity contribution in [3.63, 3.8) is 0 Å². The van der Waals surface area contributed by atoms with Crippen molar-refractivity contribution in [2.45, 2.75) is 58.6 Å². The highest BCUT2D eigenvalue weighted by molar-refractivity contribution is 6.30. The number of hydrogen-bond acceptors (Lipinski definition) is 7. The highest BCUT2D eigenvalue weighted by atomic mass is 35.5. The molecule has 8 heteroatoms. The number of aliphatic hydroxyl groups is 1. The van der Waals surface area contributed by atoms with E-state index in [0.29, 0.717) is 5.02 Å². The van der Waals surface area contributed by atoms with E-state index in [1.807, 2.05) is 0 Å². The minimum atomic E-state index is -0.643. The Morgan fingerprint density at radius 2 is 1.74 bits per heavy atom. The summed E-state index contributed by atoms with van der Waals surface area (Å²) in [6.07, 6.45) is 9.79. The third-order valence-electron chi connectivity index (χ3n) is 7.33. The number of benzene rings is 1. The standard InChI is InChI=1S/C27H40ClN5O2/c1-20-16-24(17-21(2)25(20)26(34)29-9-14-32-10-3-4-11-32)35-15-5-6-22-7-12-33(13-8-22)27-30-18-23(28)19-31-27/h16-19,22,26,29,34H,3-15H2,1-2H3. The second-order valence-electron chi connectivity index (χ2n) is 10.00. The summed E-state index contributed by atoms with van der Waals surface area (Å²) in [6, 6.07) is 4.11. The summed E-state index contributed by atoms with van der Waals surface area (Å²) in [5, 5.41) is 14.6. The molecule has 2 fully saturated rings. The van der Waals surface area contributed by atoms with Gasteiger partial charge >= 0.3 is 0 Å². The fourth-order valence-corrected chi connectivity index (χ4v) is 5.47. The lowest BCUT2D eigenvalue weighted by molar-refractivity contribution is 0.133. The third kappa shape index (κ3) is 7.53. The highest BCUT2D eigenvalue weighted by Gasteiger charge is 2.21. The van der Waals surface area contributed by atoms with Gasteiger partial charge in [0.25, 0.3) is 0 Å². The maximum Gasteiger partial charge on any atom is 0.225 e. The molecule has 1 unspecified atom stereocenters. The molecule has 4 rings (SSSR count). The van der Waals surface area contributed by atoms with Crippen molar-refractivity contribution in [1.29, 1.82) is 0 Å². The second-order valence-corrected chi connectivity index (χ2v) is 10.4. The van der Waals surface area contributed by atoms with E-state index in [2.05, 4.69) is 51.1 Å². The van der Waals surface area contributed by atoms with Gasteiger partial charge in [0.15, 0.2) is 0 Å². The summed E-state index contributed by atoms with van der Waals surface area (Å²) in [5.74, 6) is 2.38. The number of nitrogens with zero attached hydrogens (tertiary/aromatic N) is 4. The van der Waals surface area contributed by atoms with Crippen molar-refractivity contribution in [3.05, 3.63) is 46.2 Å². The summed E-state index contributed by atoms with van der Waals surface area (Å²) >= 11 is 5.90. The molecule has 0 radical (unpaired) electrons. The van der Waals surface area contributed by atoms with Crippen LogP contribution >= 0.6 is 11.6 Å². The van der Waals surface area contributed by atoms with E-state index in [0.717, 1.165) is 86.4 Å². The van der Waals surface area contributed by atoms with Crippen LogP contribution < -0.4 is 15.0 Å². The zero-order valence-electron chi connectivity index (χ0n) is 21.2. The molecule has 3 heterocycles. The van der Waals surface area contributed by atoms with Gasteiger partial charge in [0.1, 0.15) is 12.0 Å². The van der Waals surface area contributed by atoms with Crippen molar-refractivity contribution in [2.75, 3.05) is 50.8 Å². The Morgan fingerprint density at radius 3 is 2.40 bits per heavy atom. The predicted octanol–water partition coefficient (Wildman–Crippen LogP) is 4.50. The van der Waals surface area contributed by atoms with E-state index in [1.165, 1.54) is 32.4 Å². The van der Waals surface area contributed by atoms with Gasteiger partial charge in [0.2, 0.25) is 5.95 Å². The number of piperidine rings is 1. The Hall–Kier alpha value is -1.93. The second kappa shape index (κ2) is 12.9. The Balaban J connectivity index is 1.16. The lowest BCUT2D eigenvalue weighted by Crippen LogP contribution is -2.34. The highest BCUT2D eigenvalue weighted by Crippen LogP contribution is 2.27.